The zero-order valence-corrected chi connectivity index (χ0v) is 14.8. The number of allylic oxidation sites excluding steroid dienone is 1. The summed E-state index contributed by atoms with van der Waals surface area (Å²) in [5.41, 5.74) is 2.91. The Morgan fingerprint density at radius 1 is 1.37 bits per heavy atom. The van der Waals surface area contributed by atoms with E-state index in [-0.39, 0.29) is 23.8 Å². The van der Waals surface area contributed by atoms with Crippen LogP contribution in [0.2, 0.25) is 0 Å². The monoisotopic (exact) mass is 367 g/mol. The maximum atomic E-state index is 12.8. The molecule has 1 spiro atoms. The summed E-state index contributed by atoms with van der Waals surface area (Å²) in [6.45, 7) is 0.945. The number of aliphatic hydroxyl groups excluding tert-OH is 1. The Bertz CT molecular complexity index is 921. The van der Waals surface area contributed by atoms with Crippen molar-refractivity contribution in [1.29, 1.82) is 0 Å². The number of hydrogen-bond donors (Lipinski definition) is 2. The van der Waals surface area contributed by atoms with E-state index in [1.165, 1.54) is 5.57 Å². The van der Waals surface area contributed by atoms with Crippen molar-refractivity contribution in [1.82, 2.24) is 4.90 Å². The lowest BCUT2D eigenvalue weighted by Crippen LogP contribution is -2.66. The van der Waals surface area contributed by atoms with E-state index in [0.717, 1.165) is 17.5 Å². The molecule has 5 aliphatic rings. The van der Waals surface area contributed by atoms with E-state index in [9.17, 15) is 15.0 Å². The zero-order valence-electron chi connectivity index (χ0n) is 14.8. The van der Waals surface area contributed by atoms with E-state index in [2.05, 4.69) is 6.08 Å². The highest BCUT2D eigenvalue weighted by molar-refractivity contribution is 5.70. The van der Waals surface area contributed by atoms with E-state index >= 15 is 0 Å². The smallest absolute Gasteiger partial charge is 0.410 e. The molecule has 27 heavy (non-hydrogen) atoms. The van der Waals surface area contributed by atoms with Crippen molar-refractivity contribution in [2.45, 2.75) is 42.9 Å². The number of ether oxygens (including phenoxy) is 2. The summed E-state index contributed by atoms with van der Waals surface area (Å²) < 4.78 is 11.6. The number of carbonyl (C=O) groups excluding carboxylic acids is 1. The molecule has 1 fully saturated rings. The number of rotatable bonds is 2. The molecule has 6 nitrogen and oxygen atoms in total. The number of benzene rings is 1. The van der Waals surface area contributed by atoms with Gasteiger partial charge in [0.25, 0.3) is 0 Å². The number of aliphatic hydroxyl groups is 1. The predicted molar refractivity (Wildman–Crippen MR) is 95.7 cm³/mol. The number of hydrogen-bond acceptors (Lipinski definition) is 5. The highest BCUT2D eigenvalue weighted by Gasteiger charge is 2.65. The molecule has 2 aliphatic heterocycles. The molecule has 2 N–H and O–H groups in total. The van der Waals surface area contributed by atoms with Crippen LogP contribution in [0.3, 0.4) is 0 Å². The second kappa shape index (κ2) is 5.07. The van der Waals surface area contributed by atoms with E-state index in [1.807, 2.05) is 17.0 Å². The normalized spacial score (nSPS) is 36.6. The van der Waals surface area contributed by atoms with E-state index in [0.29, 0.717) is 31.7 Å². The van der Waals surface area contributed by atoms with Gasteiger partial charge in [0, 0.05) is 29.5 Å². The third-order valence-corrected chi connectivity index (χ3v) is 6.98. The number of aromatic hydroxyl groups is 1. The van der Waals surface area contributed by atoms with Gasteiger partial charge in [0.15, 0.2) is 11.5 Å². The van der Waals surface area contributed by atoms with Crippen molar-refractivity contribution in [3.05, 3.63) is 47.1 Å². The fourth-order valence-electron chi connectivity index (χ4n) is 5.71. The molecule has 3 aliphatic carbocycles. The number of amides is 1. The van der Waals surface area contributed by atoms with Gasteiger partial charge in [-0.25, -0.2) is 4.79 Å². The molecule has 5 atom stereocenters. The zero-order chi connectivity index (χ0) is 18.3. The van der Waals surface area contributed by atoms with Crippen molar-refractivity contribution in [3.63, 3.8) is 0 Å². The molecule has 2 bridgehead atoms. The van der Waals surface area contributed by atoms with Crippen LogP contribution in [-0.2, 0) is 16.6 Å². The summed E-state index contributed by atoms with van der Waals surface area (Å²) in [5.74, 6) is 0.685. The van der Waals surface area contributed by atoms with Gasteiger partial charge in [-0.15, -0.1) is 0 Å². The molecule has 0 saturated carbocycles. The average Bonchev–Trinajstić information content (AvgIpc) is 3.42. The Balaban J connectivity index is 1.44. The maximum absolute atomic E-state index is 12.8. The summed E-state index contributed by atoms with van der Waals surface area (Å²) in [6.07, 6.45) is 6.80. The van der Waals surface area contributed by atoms with Gasteiger partial charge in [-0.1, -0.05) is 24.3 Å². The highest BCUT2D eigenvalue weighted by atomic mass is 16.6. The minimum absolute atomic E-state index is 0.0303. The lowest BCUT2D eigenvalue weighted by atomic mass is 9.53. The number of carbonyl (C=O) groups is 1. The molecule has 0 aromatic heterocycles. The van der Waals surface area contributed by atoms with Gasteiger partial charge in [0.2, 0.25) is 0 Å². The molecule has 1 aromatic carbocycles. The van der Waals surface area contributed by atoms with E-state index in [1.54, 1.807) is 12.1 Å². The number of nitrogens with zero attached hydrogens (tertiary/aromatic N) is 1. The highest BCUT2D eigenvalue weighted by Crippen LogP contribution is 2.62. The molecule has 0 radical (unpaired) electrons. The van der Waals surface area contributed by atoms with E-state index in [4.69, 9.17) is 9.47 Å². The van der Waals surface area contributed by atoms with Crippen molar-refractivity contribution in [2.24, 2.45) is 5.92 Å². The Hall–Kier alpha value is -2.47. The molecule has 140 valence electrons. The van der Waals surface area contributed by atoms with Crippen LogP contribution >= 0.6 is 0 Å². The van der Waals surface area contributed by atoms with Crippen molar-refractivity contribution in [3.8, 4) is 11.5 Å². The standard InChI is InChI=1S/C21H21NO5/c23-15-5-3-12-9-14-13-4-6-16(24)19-21(13,17(12)18(15)27-19)7-8-22(14)20(25)26-10-11-1-2-11/h1,3-6,13-14,16,19,23-24H,2,7-10H2. The third kappa shape index (κ3) is 1.91. The maximum Gasteiger partial charge on any atom is 0.410 e. The van der Waals surface area contributed by atoms with Crippen molar-refractivity contribution >= 4 is 6.09 Å². The Kier molecular flexibility index (Phi) is 2.93. The predicted octanol–water partition coefficient (Wildman–Crippen LogP) is 2.03. The second-order valence-electron chi connectivity index (χ2n) is 8.26. The summed E-state index contributed by atoms with van der Waals surface area (Å²) in [7, 11) is 0. The summed E-state index contributed by atoms with van der Waals surface area (Å²) in [5, 5.41) is 20.9. The number of phenolic OH excluding ortho intramolecular Hbond substituents is 1. The molecular weight excluding hydrogens is 346 g/mol. The average molecular weight is 367 g/mol. The third-order valence-electron chi connectivity index (χ3n) is 6.98. The SMILES string of the molecule is O=C(OCC1=CC1)N1CCC23c4c5ccc(O)c4OC2C(O)C=CC3C1C5. The Morgan fingerprint density at radius 3 is 3.04 bits per heavy atom. The molecule has 1 amide bonds. The molecule has 6 heteroatoms. The van der Waals surface area contributed by atoms with Crippen LogP contribution in [0, 0.1) is 5.92 Å². The van der Waals surface area contributed by atoms with Crippen LogP contribution < -0.4 is 4.74 Å². The number of piperidine rings is 1. The first-order valence-corrected chi connectivity index (χ1v) is 9.59. The fourth-order valence-corrected chi connectivity index (χ4v) is 5.71. The van der Waals surface area contributed by atoms with Crippen LogP contribution in [0.25, 0.3) is 0 Å². The van der Waals surface area contributed by atoms with Gasteiger partial charge in [-0.2, -0.15) is 0 Å². The van der Waals surface area contributed by atoms with Crippen LogP contribution in [0.1, 0.15) is 24.0 Å². The topological polar surface area (TPSA) is 79.2 Å². The molecule has 1 aromatic rings. The largest absolute Gasteiger partial charge is 0.504 e. The van der Waals surface area contributed by atoms with Gasteiger partial charge in [-0.3, -0.25) is 0 Å². The molecular formula is C21H21NO5. The first-order chi connectivity index (χ1) is 13.1. The van der Waals surface area contributed by atoms with Gasteiger partial charge >= 0.3 is 6.09 Å². The molecule has 2 heterocycles. The minimum atomic E-state index is -0.722. The van der Waals surface area contributed by atoms with E-state index < -0.39 is 17.6 Å². The van der Waals surface area contributed by atoms with Crippen LogP contribution in [0.15, 0.2) is 35.9 Å². The minimum Gasteiger partial charge on any atom is -0.504 e. The van der Waals surface area contributed by atoms with Crippen molar-refractivity contribution < 1.29 is 24.5 Å². The second-order valence-corrected chi connectivity index (χ2v) is 8.26. The van der Waals surface area contributed by atoms with Crippen LogP contribution in [-0.4, -0.2) is 52.6 Å². The lowest BCUT2D eigenvalue weighted by Gasteiger charge is -2.56. The van der Waals surface area contributed by atoms with Gasteiger partial charge in [0.05, 0.1) is 0 Å². The van der Waals surface area contributed by atoms with Gasteiger partial charge in [-0.05, 0) is 36.5 Å². The Morgan fingerprint density at radius 2 is 2.22 bits per heavy atom. The van der Waals surface area contributed by atoms with Crippen LogP contribution in [0.4, 0.5) is 4.79 Å². The summed E-state index contributed by atoms with van der Waals surface area (Å²) in [6, 6.07) is 3.55. The number of likely N-dealkylation sites (tertiary alicyclic amines) is 1. The van der Waals surface area contributed by atoms with Gasteiger partial charge in [0.1, 0.15) is 18.8 Å². The molecule has 6 rings (SSSR count). The Labute approximate surface area is 156 Å². The lowest BCUT2D eigenvalue weighted by molar-refractivity contribution is -0.0481. The quantitative estimate of drug-likeness (QED) is 0.782. The number of phenols is 1. The van der Waals surface area contributed by atoms with Crippen LogP contribution in [0.5, 0.6) is 11.5 Å². The first-order valence-electron chi connectivity index (χ1n) is 9.59. The fraction of sp³-hybridized carbons (Fsp3) is 0.476. The summed E-state index contributed by atoms with van der Waals surface area (Å²) >= 11 is 0. The summed E-state index contributed by atoms with van der Waals surface area (Å²) in [4.78, 5) is 14.6. The molecule has 1 saturated heterocycles. The first kappa shape index (κ1) is 15.6. The van der Waals surface area contributed by atoms with Crippen molar-refractivity contribution in [2.75, 3.05) is 13.2 Å². The molecule has 5 unspecified atom stereocenters. The van der Waals surface area contributed by atoms with Gasteiger partial charge < -0.3 is 24.6 Å².